The number of ether oxygens (including phenoxy) is 1. The molecule has 0 saturated carbocycles. The van der Waals surface area contributed by atoms with Crippen LogP contribution in [0.25, 0.3) is 6.08 Å². The molecule has 4 amide bonds. The molecule has 0 spiro atoms. The average molecular weight is 523 g/mol. The molecule has 1 aliphatic heterocycles. The van der Waals surface area contributed by atoms with Crippen LogP contribution >= 0.6 is 15.9 Å². The summed E-state index contributed by atoms with van der Waals surface area (Å²) in [5, 5.41) is 2.23. The maximum absolute atomic E-state index is 13.1. The normalized spacial score (nSPS) is 15.0. The Morgan fingerprint density at radius 2 is 1.65 bits per heavy atom. The number of rotatable bonds is 5. The van der Waals surface area contributed by atoms with Crippen LogP contribution < -0.4 is 15.0 Å². The molecule has 0 atom stereocenters. The zero-order valence-corrected chi connectivity index (χ0v) is 20.0. The highest BCUT2D eigenvalue weighted by molar-refractivity contribution is 9.10. The SMILES string of the molecule is Cc1cc(C)cc(N2C(=O)NC(=O)/C(=C\c3ccc(OCc4ccc(F)cc4)c(Br)c3)C2=O)c1. The van der Waals surface area contributed by atoms with Crippen molar-refractivity contribution in [1.82, 2.24) is 5.32 Å². The van der Waals surface area contributed by atoms with E-state index in [4.69, 9.17) is 4.74 Å². The van der Waals surface area contributed by atoms with Crippen molar-refractivity contribution in [3.05, 3.63) is 98.8 Å². The molecule has 1 aliphatic rings. The van der Waals surface area contributed by atoms with Crippen LogP contribution in [0.1, 0.15) is 22.3 Å². The van der Waals surface area contributed by atoms with Gasteiger partial charge in [-0.05, 0) is 94.5 Å². The number of hydrogen-bond acceptors (Lipinski definition) is 4. The molecule has 0 unspecified atom stereocenters. The first-order valence-corrected chi connectivity index (χ1v) is 11.2. The quantitative estimate of drug-likeness (QED) is 0.357. The monoisotopic (exact) mass is 522 g/mol. The van der Waals surface area contributed by atoms with Crippen molar-refractivity contribution in [1.29, 1.82) is 0 Å². The Bertz CT molecular complexity index is 1310. The van der Waals surface area contributed by atoms with E-state index in [1.165, 1.54) is 18.2 Å². The zero-order chi connectivity index (χ0) is 24.4. The Labute approximate surface area is 204 Å². The van der Waals surface area contributed by atoms with Crippen molar-refractivity contribution in [3.8, 4) is 5.75 Å². The third kappa shape index (κ3) is 5.07. The summed E-state index contributed by atoms with van der Waals surface area (Å²) in [4.78, 5) is 39.0. The number of barbiturate groups is 1. The first-order chi connectivity index (χ1) is 16.2. The van der Waals surface area contributed by atoms with Crippen molar-refractivity contribution < 1.29 is 23.5 Å². The van der Waals surface area contributed by atoms with Crippen LogP contribution in [0.15, 0.2) is 70.7 Å². The number of urea groups is 1. The van der Waals surface area contributed by atoms with E-state index in [9.17, 15) is 18.8 Å². The van der Waals surface area contributed by atoms with E-state index in [2.05, 4.69) is 21.2 Å². The second-order valence-corrected chi connectivity index (χ2v) is 8.76. The van der Waals surface area contributed by atoms with Crippen molar-refractivity contribution in [3.63, 3.8) is 0 Å². The molecule has 3 aromatic rings. The van der Waals surface area contributed by atoms with Gasteiger partial charge in [-0.3, -0.25) is 14.9 Å². The summed E-state index contributed by atoms with van der Waals surface area (Å²) >= 11 is 3.44. The maximum atomic E-state index is 13.1. The van der Waals surface area contributed by atoms with Crippen molar-refractivity contribution in [2.45, 2.75) is 20.5 Å². The second-order valence-electron chi connectivity index (χ2n) is 7.91. The minimum atomic E-state index is -0.789. The van der Waals surface area contributed by atoms with Crippen LogP contribution in [0.2, 0.25) is 0 Å². The number of carbonyl (C=O) groups is 3. The van der Waals surface area contributed by atoms with Gasteiger partial charge < -0.3 is 4.74 Å². The smallest absolute Gasteiger partial charge is 0.335 e. The number of nitrogens with zero attached hydrogens (tertiary/aromatic N) is 1. The predicted molar refractivity (Wildman–Crippen MR) is 130 cm³/mol. The number of aryl methyl sites for hydroxylation is 2. The van der Waals surface area contributed by atoms with Crippen molar-refractivity contribution in [2.75, 3.05) is 4.90 Å². The van der Waals surface area contributed by atoms with Crippen molar-refractivity contribution in [2.24, 2.45) is 0 Å². The summed E-state index contributed by atoms with van der Waals surface area (Å²) in [6.45, 7) is 3.97. The van der Waals surface area contributed by atoms with E-state index in [1.54, 1.807) is 42.5 Å². The predicted octanol–water partition coefficient (Wildman–Crippen LogP) is 5.45. The number of carbonyl (C=O) groups excluding carboxylic acids is 3. The number of imide groups is 2. The number of amides is 4. The fourth-order valence-electron chi connectivity index (χ4n) is 3.60. The topological polar surface area (TPSA) is 75.7 Å². The molecule has 0 radical (unpaired) electrons. The van der Waals surface area contributed by atoms with Crippen LogP contribution in [0.4, 0.5) is 14.9 Å². The molecule has 8 heteroatoms. The largest absolute Gasteiger partial charge is 0.488 e. The van der Waals surface area contributed by atoms with Gasteiger partial charge in [0.15, 0.2) is 0 Å². The second kappa shape index (κ2) is 9.61. The van der Waals surface area contributed by atoms with Gasteiger partial charge in [-0.1, -0.05) is 24.3 Å². The first kappa shape index (κ1) is 23.4. The van der Waals surface area contributed by atoms with Crippen LogP contribution in [0, 0.1) is 19.7 Å². The zero-order valence-electron chi connectivity index (χ0n) is 18.4. The minimum Gasteiger partial charge on any atom is -0.488 e. The first-order valence-electron chi connectivity index (χ1n) is 10.4. The minimum absolute atomic E-state index is 0.161. The van der Waals surface area contributed by atoms with Gasteiger partial charge in [-0.2, -0.15) is 0 Å². The Morgan fingerprint density at radius 3 is 2.29 bits per heavy atom. The molecule has 1 N–H and O–H groups in total. The molecular weight excluding hydrogens is 503 g/mol. The summed E-state index contributed by atoms with van der Waals surface area (Å²) < 4.78 is 19.4. The van der Waals surface area contributed by atoms with Gasteiger partial charge in [0, 0.05) is 0 Å². The van der Waals surface area contributed by atoms with E-state index in [0.29, 0.717) is 21.5 Å². The lowest BCUT2D eigenvalue weighted by Gasteiger charge is -2.27. The van der Waals surface area contributed by atoms with Crippen LogP contribution in [-0.2, 0) is 16.2 Å². The van der Waals surface area contributed by atoms with Crippen LogP contribution in [0.3, 0.4) is 0 Å². The third-order valence-corrected chi connectivity index (χ3v) is 5.76. The van der Waals surface area contributed by atoms with Gasteiger partial charge in [-0.25, -0.2) is 14.1 Å². The fourth-order valence-corrected chi connectivity index (χ4v) is 4.11. The maximum Gasteiger partial charge on any atom is 0.335 e. The lowest BCUT2D eigenvalue weighted by atomic mass is 10.1. The van der Waals surface area contributed by atoms with Crippen LogP contribution in [-0.4, -0.2) is 17.8 Å². The Hall–Kier alpha value is -3.78. The number of hydrogen-bond donors (Lipinski definition) is 1. The molecule has 6 nitrogen and oxygen atoms in total. The van der Waals surface area contributed by atoms with Gasteiger partial charge in [-0.15, -0.1) is 0 Å². The van der Waals surface area contributed by atoms with E-state index < -0.39 is 17.8 Å². The summed E-state index contributed by atoms with van der Waals surface area (Å²) in [7, 11) is 0. The van der Waals surface area contributed by atoms with E-state index >= 15 is 0 Å². The molecule has 0 aliphatic carbocycles. The van der Waals surface area contributed by atoms with Gasteiger partial charge in [0.1, 0.15) is 23.7 Å². The molecule has 34 heavy (non-hydrogen) atoms. The highest BCUT2D eigenvalue weighted by Gasteiger charge is 2.37. The third-order valence-electron chi connectivity index (χ3n) is 5.14. The van der Waals surface area contributed by atoms with Crippen LogP contribution in [0.5, 0.6) is 5.75 Å². The van der Waals surface area contributed by atoms with Gasteiger partial charge in [0.05, 0.1) is 10.2 Å². The highest BCUT2D eigenvalue weighted by atomic mass is 79.9. The van der Waals surface area contributed by atoms with E-state index in [-0.39, 0.29) is 18.0 Å². The number of halogens is 2. The molecular formula is C26H20BrFN2O4. The lowest BCUT2D eigenvalue weighted by Crippen LogP contribution is -2.54. The molecule has 1 saturated heterocycles. The number of benzene rings is 3. The average Bonchev–Trinajstić information content (AvgIpc) is 2.76. The van der Waals surface area contributed by atoms with Crippen molar-refractivity contribution >= 4 is 45.5 Å². The summed E-state index contributed by atoms with van der Waals surface area (Å²) in [6, 6.07) is 15.6. The highest BCUT2D eigenvalue weighted by Crippen LogP contribution is 2.29. The fraction of sp³-hybridized carbons (Fsp3) is 0.115. The molecule has 1 heterocycles. The molecule has 0 bridgehead atoms. The lowest BCUT2D eigenvalue weighted by molar-refractivity contribution is -0.122. The van der Waals surface area contributed by atoms with E-state index in [1.807, 2.05) is 19.9 Å². The molecule has 1 fully saturated rings. The molecule has 4 rings (SSSR count). The summed E-state index contributed by atoms with van der Waals surface area (Å²) in [5.41, 5.74) is 3.38. The Balaban J connectivity index is 1.57. The Morgan fingerprint density at radius 1 is 0.971 bits per heavy atom. The van der Waals surface area contributed by atoms with Gasteiger partial charge >= 0.3 is 6.03 Å². The summed E-state index contributed by atoms with van der Waals surface area (Å²) in [5.74, 6) is -1.24. The Kier molecular flexibility index (Phi) is 6.61. The van der Waals surface area contributed by atoms with Gasteiger partial charge in [0.2, 0.25) is 0 Å². The number of anilines is 1. The molecule has 0 aromatic heterocycles. The summed E-state index contributed by atoms with van der Waals surface area (Å²) in [6.07, 6.45) is 1.42. The standard InChI is InChI=1S/C26H20BrFN2O4/c1-15-9-16(2)11-20(10-15)30-25(32)21(24(31)29-26(30)33)12-18-5-8-23(22(27)13-18)34-14-17-3-6-19(28)7-4-17/h3-13H,14H2,1-2H3,(H,29,31,33)/b21-12+. The molecule has 3 aromatic carbocycles. The number of nitrogens with one attached hydrogen (secondary N) is 1. The van der Waals surface area contributed by atoms with E-state index in [0.717, 1.165) is 21.6 Å². The van der Waals surface area contributed by atoms with Gasteiger partial charge in [0.25, 0.3) is 11.8 Å². The molecule has 172 valence electrons.